The van der Waals surface area contributed by atoms with Crippen LogP contribution in [0, 0.1) is 0 Å². The topological polar surface area (TPSA) is 43.8 Å². The van der Waals surface area contributed by atoms with Gasteiger partial charge >= 0.3 is 0 Å². The molecule has 4 heteroatoms. The molecule has 0 saturated heterocycles. The zero-order valence-electron chi connectivity index (χ0n) is 7.69. The van der Waals surface area contributed by atoms with Crippen LogP contribution >= 0.6 is 11.3 Å². The van der Waals surface area contributed by atoms with Gasteiger partial charge in [0.1, 0.15) is 0 Å². The maximum absolute atomic E-state index is 5.66. The molecule has 1 aromatic carbocycles. The van der Waals surface area contributed by atoms with E-state index in [1.165, 1.54) is 22.2 Å². The summed E-state index contributed by atoms with van der Waals surface area (Å²) in [5, 5.41) is 1.87. The molecule has 0 aliphatic rings. The van der Waals surface area contributed by atoms with Gasteiger partial charge in [-0.05, 0) is 18.2 Å². The van der Waals surface area contributed by atoms with Crippen molar-refractivity contribution < 1.29 is 0 Å². The summed E-state index contributed by atoms with van der Waals surface area (Å²) < 4.78 is 3.24. The lowest BCUT2D eigenvalue weighted by Gasteiger charge is -1.94. The molecule has 0 radical (unpaired) electrons. The number of anilines is 1. The van der Waals surface area contributed by atoms with Gasteiger partial charge in [-0.1, -0.05) is 11.3 Å². The van der Waals surface area contributed by atoms with Gasteiger partial charge in [-0.25, -0.2) is 4.98 Å². The van der Waals surface area contributed by atoms with E-state index in [0.717, 1.165) is 10.2 Å². The second-order valence-corrected chi connectivity index (χ2v) is 4.42. The number of rotatable bonds is 0. The van der Waals surface area contributed by atoms with Crippen LogP contribution in [-0.2, 0) is 7.05 Å². The number of aromatic nitrogens is 2. The van der Waals surface area contributed by atoms with E-state index in [1.54, 1.807) is 0 Å². The second-order valence-electron chi connectivity index (χ2n) is 3.36. The van der Waals surface area contributed by atoms with Crippen LogP contribution < -0.4 is 5.73 Å². The Labute approximate surface area is 84.8 Å². The molecular formula is C10H9N3S. The number of thiazole rings is 1. The number of fused-ring (bicyclic) bond motifs is 2. The molecule has 3 nitrogen and oxygen atoms in total. The predicted octanol–water partition coefficient (Wildman–Crippen LogP) is 2.37. The number of benzene rings is 1. The molecule has 14 heavy (non-hydrogen) atoms. The minimum absolute atomic E-state index is 0.635. The average Bonchev–Trinajstić information content (AvgIpc) is 2.66. The summed E-state index contributed by atoms with van der Waals surface area (Å²) in [6.07, 6.45) is 2.05. The van der Waals surface area contributed by atoms with E-state index in [1.807, 2.05) is 7.05 Å². The SMILES string of the molecule is Cn1ccc2cc3sc(N)nc3cc21. The molecule has 2 N–H and O–H groups in total. The maximum atomic E-state index is 5.66. The Hall–Kier alpha value is -1.55. The molecule has 2 aromatic heterocycles. The van der Waals surface area contributed by atoms with E-state index in [9.17, 15) is 0 Å². The van der Waals surface area contributed by atoms with E-state index < -0.39 is 0 Å². The summed E-state index contributed by atoms with van der Waals surface area (Å²) in [4.78, 5) is 4.27. The first-order valence-electron chi connectivity index (χ1n) is 4.35. The minimum atomic E-state index is 0.635. The van der Waals surface area contributed by atoms with Crippen molar-refractivity contribution in [3.8, 4) is 0 Å². The van der Waals surface area contributed by atoms with Crippen molar-refractivity contribution in [1.29, 1.82) is 0 Å². The highest BCUT2D eigenvalue weighted by Crippen LogP contribution is 2.28. The predicted molar refractivity (Wildman–Crippen MR) is 60.5 cm³/mol. The molecule has 0 aliphatic heterocycles. The van der Waals surface area contributed by atoms with Crippen molar-refractivity contribution in [2.24, 2.45) is 7.05 Å². The van der Waals surface area contributed by atoms with Gasteiger partial charge in [0.2, 0.25) is 0 Å². The molecule has 3 rings (SSSR count). The standard InChI is InChI=1S/C10H9N3S/c1-13-3-2-6-4-9-7(5-8(6)13)12-10(11)14-9/h2-5H,1H3,(H2,11,12). The summed E-state index contributed by atoms with van der Waals surface area (Å²) >= 11 is 1.53. The molecule has 0 unspecified atom stereocenters. The first-order valence-corrected chi connectivity index (χ1v) is 5.17. The molecule has 0 spiro atoms. The van der Waals surface area contributed by atoms with Crippen molar-refractivity contribution >= 4 is 37.6 Å². The lowest BCUT2D eigenvalue weighted by molar-refractivity contribution is 0.970. The van der Waals surface area contributed by atoms with Crippen molar-refractivity contribution in [3.63, 3.8) is 0 Å². The van der Waals surface area contributed by atoms with Crippen molar-refractivity contribution in [1.82, 2.24) is 9.55 Å². The molecule has 0 amide bonds. The fraction of sp³-hybridized carbons (Fsp3) is 0.100. The number of nitrogens with two attached hydrogens (primary N) is 1. The van der Waals surface area contributed by atoms with Gasteiger partial charge < -0.3 is 10.3 Å². The summed E-state index contributed by atoms with van der Waals surface area (Å²) in [5.41, 5.74) is 7.85. The first-order chi connectivity index (χ1) is 6.74. The van der Waals surface area contributed by atoms with Crippen LogP contribution in [0.15, 0.2) is 24.4 Å². The van der Waals surface area contributed by atoms with Gasteiger partial charge in [0.25, 0.3) is 0 Å². The average molecular weight is 203 g/mol. The van der Waals surface area contributed by atoms with Crippen LogP contribution in [0.5, 0.6) is 0 Å². The summed E-state index contributed by atoms with van der Waals surface area (Å²) in [6, 6.07) is 6.32. The third kappa shape index (κ3) is 0.943. The molecule has 3 aromatic rings. The summed E-state index contributed by atoms with van der Waals surface area (Å²) in [6.45, 7) is 0. The Morgan fingerprint density at radius 3 is 3.14 bits per heavy atom. The van der Waals surface area contributed by atoms with Gasteiger partial charge in [-0.2, -0.15) is 0 Å². The Bertz CT molecular complexity index is 620. The number of nitrogens with zero attached hydrogens (tertiary/aromatic N) is 2. The monoisotopic (exact) mass is 203 g/mol. The quantitative estimate of drug-likeness (QED) is 0.609. The Kier molecular flexibility index (Phi) is 1.39. The Balaban J connectivity index is 2.52. The van der Waals surface area contributed by atoms with Crippen molar-refractivity contribution in [2.75, 3.05) is 5.73 Å². The van der Waals surface area contributed by atoms with Gasteiger partial charge in [0.15, 0.2) is 5.13 Å². The Morgan fingerprint density at radius 2 is 2.29 bits per heavy atom. The highest BCUT2D eigenvalue weighted by Gasteiger charge is 2.04. The smallest absolute Gasteiger partial charge is 0.181 e. The third-order valence-electron chi connectivity index (χ3n) is 2.41. The molecule has 70 valence electrons. The summed E-state index contributed by atoms with van der Waals surface area (Å²) in [7, 11) is 2.03. The van der Waals surface area contributed by atoms with Crippen LogP contribution in [0.25, 0.3) is 21.1 Å². The number of aryl methyl sites for hydroxylation is 1. The van der Waals surface area contributed by atoms with Crippen molar-refractivity contribution in [2.45, 2.75) is 0 Å². The van der Waals surface area contributed by atoms with Gasteiger partial charge in [-0.15, -0.1) is 0 Å². The number of nitrogen functional groups attached to an aromatic ring is 1. The minimum Gasteiger partial charge on any atom is -0.375 e. The molecule has 2 heterocycles. The van der Waals surface area contributed by atoms with E-state index in [-0.39, 0.29) is 0 Å². The second kappa shape index (κ2) is 2.48. The lowest BCUT2D eigenvalue weighted by Crippen LogP contribution is -1.83. The number of hydrogen-bond donors (Lipinski definition) is 1. The zero-order valence-corrected chi connectivity index (χ0v) is 8.51. The summed E-state index contributed by atoms with van der Waals surface area (Å²) in [5.74, 6) is 0. The third-order valence-corrected chi connectivity index (χ3v) is 3.26. The van der Waals surface area contributed by atoms with E-state index in [4.69, 9.17) is 5.73 Å². The fourth-order valence-corrected chi connectivity index (χ4v) is 2.47. The van der Waals surface area contributed by atoms with Crippen LogP contribution in [-0.4, -0.2) is 9.55 Å². The maximum Gasteiger partial charge on any atom is 0.181 e. The van der Waals surface area contributed by atoms with Crippen molar-refractivity contribution in [3.05, 3.63) is 24.4 Å². The van der Waals surface area contributed by atoms with E-state index in [0.29, 0.717) is 5.13 Å². The van der Waals surface area contributed by atoms with Crippen LogP contribution in [0.4, 0.5) is 5.13 Å². The molecule has 0 fully saturated rings. The molecule has 0 atom stereocenters. The number of hydrogen-bond acceptors (Lipinski definition) is 3. The van der Waals surface area contributed by atoms with Gasteiger partial charge in [0.05, 0.1) is 10.2 Å². The normalized spacial score (nSPS) is 11.5. The molecule has 0 saturated carbocycles. The van der Waals surface area contributed by atoms with Crippen LogP contribution in [0.3, 0.4) is 0 Å². The van der Waals surface area contributed by atoms with Gasteiger partial charge in [-0.3, -0.25) is 0 Å². The molecule has 0 bridgehead atoms. The first kappa shape index (κ1) is 7.82. The zero-order chi connectivity index (χ0) is 9.71. The Morgan fingerprint density at radius 1 is 1.43 bits per heavy atom. The largest absolute Gasteiger partial charge is 0.375 e. The lowest BCUT2D eigenvalue weighted by atomic mass is 10.2. The highest BCUT2D eigenvalue weighted by molar-refractivity contribution is 7.22. The van der Waals surface area contributed by atoms with Crippen LogP contribution in [0.1, 0.15) is 0 Å². The van der Waals surface area contributed by atoms with Gasteiger partial charge in [0, 0.05) is 24.1 Å². The van der Waals surface area contributed by atoms with Crippen LogP contribution in [0.2, 0.25) is 0 Å². The molecular weight excluding hydrogens is 194 g/mol. The fourth-order valence-electron chi connectivity index (χ4n) is 1.71. The highest BCUT2D eigenvalue weighted by atomic mass is 32.1. The van der Waals surface area contributed by atoms with E-state index in [2.05, 4.69) is 33.9 Å². The van der Waals surface area contributed by atoms with E-state index >= 15 is 0 Å². The molecule has 0 aliphatic carbocycles.